The van der Waals surface area contributed by atoms with Crippen LogP contribution in [0.25, 0.3) is 0 Å². The molecular weight excluding hydrogens is 201 g/mol. The van der Waals surface area contributed by atoms with Gasteiger partial charge in [-0.1, -0.05) is 0 Å². The first-order chi connectivity index (χ1) is 7.15. The monoisotopic (exact) mass is 215 g/mol. The summed E-state index contributed by atoms with van der Waals surface area (Å²) in [5.41, 5.74) is 1.11. The van der Waals surface area contributed by atoms with E-state index >= 15 is 0 Å². The van der Waals surface area contributed by atoms with Gasteiger partial charge in [0, 0.05) is 5.56 Å². The zero-order valence-electron chi connectivity index (χ0n) is 8.96. The summed E-state index contributed by atoms with van der Waals surface area (Å²) in [5, 5.41) is 0. The van der Waals surface area contributed by atoms with Gasteiger partial charge in [-0.05, 0) is 18.6 Å². The molecule has 5 heteroatoms. The highest BCUT2D eigenvalue weighted by Gasteiger charge is 2.17. The lowest BCUT2D eigenvalue weighted by Gasteiger charge is -2.13. The third-order valence-electron chi connectivity index (χ3n) is 2.08. The smallest absolute Gasteiger partial charge is 0.197 e. The average Bonchev–Trinajstić information content (AvgIpc) is 2.22. The van der Waals surface area contributed by atoms with Gasteiger partial charge in [-0.15, -0.1) is 0 Å². The number of rotatable bonds is 4. The van der Waals surface area contributed by atoms with Crippen molar-refractivity contribution in [1.82, 2.24) is 0 Å². The summed E-state index contributed by atoms with van der Waals surface area (Å²) in [5.74, 6) is 4.85. The minimum Gasteiger partial charge on any atom is -0.492 e. The van der Waals surface area contributed by atoms with Crippen LogP contribution in [0.1, 0.15) is 11.1 Å². The lowest BCUT2D eigenvalue weighted by atomic mass is 10.1. The van der Waals surface area contributed by atoms with Crippen LogP contribution in [-0.4, -0.2) is 14.2 Å². The van der Waals surface area contributed by atoms with Crippen LogP contribution in [0.15, 0.2) is 6.07 Å². The Morgan fingerprint density at radius 2 is 1.87 bits per heavy atom. The minimum atomic E-state index is -0.509. The van der Waals surface area contributed by atoms with Gasteiger partial charge in [0.15, 0.2) is 17.3 Å². The maximum Gasteiger partial charge on any atom is 0.197 e. The fraction of sp³-hybridized carbons (Fsp3) is 0.400. The first-order valence-corrected chi connectivity index (χ1v) is 4.37. The maximum atomic E-state index is 13.7. The molecule has 1 aromatic carbocycles. The molecule has 1 rings (SSSR count). The van der Waals surface area contributed by atoms with Crippen LogP contribution in [0.3, 0.4) is 0 Å². The Balaban J connectivity index is 3.30. The summed E-state index contributed by atoms with van der Waals surface area (Å²) in [4.78, 5) is 4.40. The Morgan fingerprint density at radius 3 is 2.33 bits per heavy atom. The van der Waals surface area contributed by atoms with E-state index in [1.54, 1.807) is 13.0 Å². The summed E-state index contributed by atoms with van der Waals surface area (Å²) >= 11 is 0. The predicted octanol–water partition coefficient (Wildman–Crippen LogP) is 1.54. The number of methoxy groups -OCH3 is 2. The molecule has 0 spiro atoms. The highest BCUT2D eigenvalue weighted by molar-refractivity contribution is 5.50. The van der Waals surface area contributed by atoms with Crippen molar-refractivity contribution in [2.45, 2.75) is 13.5 Å². The van der Waals surface area contributed by atoms with E-state index in [0.717, 1.165) is 5.56 Å². The van der Waals surface area contributed by atoms with Crippen molar-refractivity contribution in [1.29, 1.82) is 0 Å². The van der Waals surface area contributed by atoms with Crippen molar-refractivity contribution in [3.05, 3.63) is 23.0 Å². The van der Waals surface area contributed by atoms with Gasteiger partial charge in [-0.3, -0.25) is 4.84 Å². The lowest BCUT2D eigenvalue weighted by Crippen LogP contribution is -2.05. The minimum absolute atomic E-state index is 0.00692. The quantitative estimate of drug-likeness (QED) is 0.774. The van der Waals surface area contributed by atoms with Crippen LogP contribution in [0.5, 0.6) is 11.5 Å². The fourth-order valence-electron chi connectivity index (χ4n) is 1.45. The molecule has 1 aromatic rings. The fourth-order valence-corrected chi connectivity index (χ4v) is 1.45. The molecule has 0 aromatic heterocycles. The highest BCUT2D eigenvalue weighted by atomic mass is 19.1. The molecule has 0 saturated heterocycles. The second kappa shape index (κ2) is 4.95. The van der Waals surface area contributed by atoms with Crippen LogP contribution >= 0.6 is 0 Å². The summed E-state index contributed by atoms with van der Waals surface area (Å²) in [6, 6.07) is 1.61. The van der Waals surface area contributed by atoms with Crippen LogP contribution in [0.4, 0.5) is 4.39 Å². The predicted molar refractivity (Wildman–Crippen MR) is 53.2 cm³/mol. The molecule has 2 N–H and O–H groups in total. The maximum absolute atomic E-state index is 13.7. The van der Waals surface area contributed by atoms with Gasteiger partial charge in [-0.25, -0.2) is 10.3 Å². The SMILES string of the molecule is COc1c(C)cc(CON)c(F)c1OC. The molecule has 0 fully saturated rings. The van der Waals surface area contributed by atoms with Crippen molar-refractivity contribution >= 4 is 0 Å². The van der Waals surface area contributed by atoms with Crippen LogP contribution in [0.2, 0.25) is 0 Å². The largest absolute Gasteiger partial charge is 0.492 e. The highest BCUT2D eigenvalue weighted by Crippen LogP contribution is 2.35. The van der Waals surface area contributed by atoms with E-state index < -0.39 is 5.82 Å². The number of halogens is 1. The van der Waals surface area contributed by atoms with E-state index in [4.69, 9.17) is 15.4 Å². The molecule has 0 aliphatic carbocycles. The molecule has 4 nitrogen and oxygen atoms in total. The summed E-state index contributed by atoms with van der Waals surface area (Å²) in [6.45, 7) is 1.79. The average molecular weight is 215 g/mol. The van der Waals surface area contributed by atoms with Crippen LogP contribution < -0.4 is 15.4 Å². The molecule has 84 valence electrons. The second-order valence-corrected chi connectivity index (χ2v) is 3.04. The topological polar surface area (TPSA) is 53.7 Å². The van der Waals surface area contributed by atoms with Gasteiger partial charge in [-0.2, -0.15) is 0 Å². The summed E-state index contributed by atoms with van der Waals surface area (Å²) < 4.78 is 23.7. The van der Waals surface area contributed by atoms with Crippen molar-refractivity contribution in [3.8, 4) is 11.5 Å². The van der Waals surface area contributed by atoms with Crippen LogP contribution in [0, 0.1) is 12.7 Å². The number of ether oxygens (including phenoxy) is 2. The van der Waals surface area contributed by atoms with Gasteiger partial charge in [0.25, 0.3) is 0 Å². The Labute approximate surface area is 87.7 Å². The van der Waals surface area contributed by atoms with E-state index in [-0.39, 0.29) is 12.4 Å². The standard InChI is InChI=1S/C10H14FNO3/c1-6-4-7(5-15-12)8(11)10(14-3)9(6)13-2/h4H,5,12H2,1-3H3. The lowest BCUT2D eigenvalue weighted by molar-refractivity contribution is 0.121. The molecule has 0 bridgehead atoms. The van der Waals surface area contributed by atoms with Crippen molar-refractivity contribution < 1.29 is 18.7 Å². The first kappa shape index (κ1) is 11.7. The third kappa shape index (κ3) is 2.19. The van der Waals surface area contributed by atoms with Crippen LogP contribution in [-0.2, 0) is 11.4 Å². The molecular formula is C10H14FNO3. The number of aryl methyl sites for hydroxylation is 1. The molecule has 0 heterocycles. The number of nitrogens with two attached hydrogens (primary N) is 1. The normalized spacial score (nSPS) is 10.2. The Bertz CT molecular complexity index is 355. The van der Waals surface area contributed by atoms with Gasteiger partial charge >= 0.3 is 0 Å². The zero-order chi connectivity index (χ0) is 11.4. The van der Waals surface area contributed by atoms with Gasteiger partial charge in [0.2, 0.25) is 0 Å². The Kier molecular flexibility index (Phi) is 3.88. The van der Waals surface area contributed by atoms with E-state index in [2.05, 4.69) is 4.84 Å². The summed E-state index contributed by atoms with van der Waals surface area (Å²) in [7, 11) is 2.84. The molecule has 0 radical (unpaired) electrons. The molecule has 0 amide bonds. The van der Waals surface area contributed by atoms with Crippen molar-refractivity contribution in [2.75, 3.05) is 14.2 Å². The molecule has 0 aliphatic heterocycles. The molecule has 0 saturated carbocycles. The summed E-state index contributed by atoms with van der Waals surface area (Å²) in [6.07, 6.45) is 0. The number of hydrogen-bond donors (Lipinski definition) is 1. The third-order valence-corrected chi connectivity index (χ3v) is 2.08. The van der Waals surface area contributed by atoms with Gasteiger partial charge in [0.05, 0.1) is 20.8 Å². The second-order valence-electron chi connectivity index (χ2n) is 3.04. The van der Waals surface area contributed by atoms with E-state index in [9.17, 15) is 4.39 Å². The Hall–Kier alpha value is -1.33. The van der Waals surface area contributed by atoms with E-state index in [1.165, 1.54) is 14.2 Å². The van der Waals surface area contributed by atoms with Gasteiger partial charge in [0.1, 0.15) is 0 Å². The molecule has 0 atom stereocenters. The number of hydrogen-bond acceptors (Lipinski definition) is 4. The van der Waals surface area contributed by atoms with Crippen molar-refractivity contribution in [3.63, 3.8) is 0 Å². The first-order valence-electron chi connectivity index (χ1n) is 4.37. The molecule has 0 unspecified atom stereocenters. The van der Waals surface area contributed by atoms with E-state index in [1.807, 2.05) is 0 Å². The van der Waals surface area contributed by atoms with Crippen molar-refractivity contribution in [2.24, 2.45) is 5.90 Å². The molecule has 15 heavy (non-hydrogen) atoms. The molecule has 0 aliphatic rings. The van der Waals surface area contributed by atoms with Gasteiger partial charge < -0.3 is 9.47 Å². The van der Waals surface area contributed by atoms with E-state index in [0.29, 0.717) is 11.3 Å². The Morgan fingerprint density at radius 1 is 1.27 bits per heavy atom. The number of benzene rings is 1. The zero-order valence-corrected chi connectivity index (χ0v) is 8.96.